The molecule has 1 amide bonds. The molecule has 2 aliphatic rings. The zero-order valence-electron chi connectivity index (χ0n) is 21.5. The second kappa shape index (κ2) is 8.81. The fourth-order valence-corrected chi connectivity index (χ4v) is 7.49. The molecule has 2 fully saturated rings. The standard InChI is InChI=1S/C27H25FN8O3S/c1-40(38,39)23-22(17-10-19-6-7-20(11-17)35(19)27(37)25-30-13-31-34-25)33-26-21(12-32-36(26)24(23)29)15-3-2-14-4-5-18(28)9-16(14)8-15/h2-5,8-9,12-13,17,19-20H,6-7,10-11,29H2,1H3,(H,30,31,34)/t17-,19+,20-. The van der Waals surface area contributed by atoms with E-state index >= 15 is 0 Å². The summed E-state index contributed by atoms with van der Waals surface area (Å²) in [6, 6.07) is 10.0. The number of benzene rings is 2. The molecule has 0 saturated carbocycles. The van der Waals surface area contributed by atoms with Crippen molar-refractivity contribution in [1.29, 1.82) is 0 Å². The van der Waals surface area contributed by atoms with Crippen LogP contribution >= 0.6 is 0 Å². The maximum absolute atomic E-state index is 13.9. The number of aromatic nitrogens is 6. The van der Waals surface area contributed by atoms with Crippen molar-refractivity contribution in [1.82, 2.24) is 34.7 Å². The summed E-state index contributed by atoms with van der Waals surface area (Å²) >= 11 is 0. The van der Waals surface area contributed by atoms with Crippen LogP contribution in [0.15, 0.2) is 53.8 Å². The molecule has 3 aromatic heterocycles. The van der Waals surface area contributed by atoms with Crippen LogP contribution in [0.5, 0.6) is 0 Å². The maximum atomic E-state index is 13.9. The van der Waals surface area contributed by atoms with Crippen LogP contribution in [0.25, 0.3) is 27.5 Å². The molecule has 2 bridgehead atoms. The molecule has 3 N–H and O–H groups in total. The number of H-pyrrole nitrogens is 1. The van der Waals surface area contributed by atoms with E-state index in [-0.39, 0.29) is 46.3 Å². The number of carbonyl (C=O) groups is 1. The van der Waals surface area contributed by atoms with Gasteiger partial charge in [-0.25, -0.2) is 17.8 Å². The van der Waals surface area contributed by atoms with E-state index in [2.05, 4.69) is 20.3 Å². The number of anilines is 1. The van der Waals surface area contributed by atoms with Gasteiger partial charge in [-0.3, -0.25) is 4.79 Å². The predicted octanol–water partition coefficient (Wildman–Crippen LogP) is 3.34. The summed E-state index contributed by atoms with van der Waals surface area (Å²) in [5, 5.41) is 13.6. The zero-order valence-corrected chi connectivity index (χ0v) is 22.3. The number of hydrogen-bond acceptors (Lipinski definition) is 8. The zero-order chi connectivity index (χ0) is 27.8. The molecular weight excluding hydrogens is 535 g/mol. The number of aromatic amines is 1. The summed E-state index contributed by atoms with van der Waals surface area (Å²) in [6.07, 6.45) is 6.78. The van der Waals surface area contributed by atoms with Gasteiger partial charge in [0, 0.05) is 29.8 Å². The lowest BCUT2D eigenvalue weighted by molar-refractivity contribution is 0.0556. The van der Waals surface area contributed by atoms with Crippen LogP contribution in [-0.2, 0) is 9.84 Å². The number of halogens is 1. The summed E-state index contributed by atoms with van der Waals surface area (Å²) < 4.78 is 41.4. The summed E-state index contributed by atoms with van der Waals surface area (Å²) in [6.45, 7) is 0. The normalized spacial score (nSPS) is 20.9. The Balaban J connectivity index is 1.34. The Bertz CT molecular complexity index is 1910. The van der Waals surface area contributed by atoms with Gasteiger partial charge in [0.2, 0.25) is 5.82 Å². The molecule has 40 heavy (non-hydrogen) atoms. The second-order valence-electron chi connectivity index (χ2n) is 10.6. The first-order valence-electron chi connectivity index (χ1n) is 12.9. The van der Waals surface area contributed by atoms with Gasteiger partial charge in [0.1, 0.15) is 22.9 Å². The molecule has 204 valence electrons. The second-order valence-corrected chi connectivity index (χ2v) is 12.5. The first-order valence-corrected chi connectivity index (χ1v) is 14.8. The third-order valence-electron chi connectivity index (χ3n) is 8.12. The van der Waals surface area contributed by atoms with E-state index in [0.29, 0.717) is 29.7 Å². The Labute approximate surface area is 228 Å². The van der Waals surface area contributed by atoms with Gasteiger partial charge in [-0.2, -0.15) is 9.61 Å². The van der Waals surface area contributed by atoms with Gasteiger partial charge in [-0.1, -0.05) is 18.2 Å². The Morgan fingerprint density at radius 3 is 2.55 bits per heavy atom. The largest absolute Gasteiger partial charge is 0.382 e. The highest BCUT2D eigenvalue weighted by atomic mass is 32.2. The minimum atomic E-state index is -3.77. The highest BCUT2D eigenvalue weighted by molar-refractivity contribution is 7.91. The predicted molar refractivity (Wildman–Crippen MR) is 145 cm³/mol. The Morgan fingerprint density at radius 2 is 1.85 bits per heavy atom. The van der Waals surface area contributed by atoms with E-state index in [4.69, 9.17) is 10.7 Å². The van der Waals surface area contributed by atoms with Crippen LogP contribution in [-0.4, -0.2) is 67.3 Å². The van der Waals surface area contributed by atoms with Crippen LogP contribution in [0.1, 0.15) is 47.9 Å². The van der Waals surface area contributed by atoms with Gasteiger partial charge in [0.15, 0.2) is 15.5 Å². The molecule has 13 heteroatoms. The third kappa shape index (κ3) is 3.83. The average Bonchev–Trinajstić information content (AvgIpc) is 3.65. The summed E-state index contributed by atoms with van der Waals surface area (Å²) in [5.74, 6) is -0.597. The quantitative estimate of drug-likeness (QED) is 0.340. The van der Waals surface area contributed by atoms with E-state index in [1.807, 2.05) is 23.1 Å². The molecule has 0 radical (unpaired) electrons. The molecule has 0 aliphatic carbocycles. The molecule has 5 aromatic rings. The van der Waals surface area contributed by atoms with Crippen LogP contribution in [0.3, 0.4) is 0 Å². The van der Waals surface area contributed by atoms with Crippen molar-refractivity contribution in [2.45, 2.75) is 48.6 Å². The lowest BCUT2D eigenvalue weighted by Crippen LogP contribution is -2.46. The molecule has 7 rings (SSSR count). The summed E-state index contributed by atoms with van der Waals surface area (Å²) in [7, 11) is -3.77. The third-order valence-corrected chi connectivity index (χ3v) is 9.28. The van der Waals surface area contributed by atoms with Crippen molar-refractivity contribution < 1.29 is 17.6 Å². The minimum absolute atomic E-state index is 0.00639. The van der Waals surface area contributed by atoms with Crippen molar-refractivity contribution >= 4 is 38.0 Å². The van der Waals surface area contributed by atoms with Crippen LogP contribution in [0.4, 0.5) is 10.2 Å². The number of nitrogens with two attached hydrogens (primary N) is 1. The van der Waals surface area contributed by atoms with Gasteiger partial charge in [-0.15, -0.1) is 10.2 Å². The highest BCUT2D eigenvalue weighted by Gasteiger charge is 2.46. The van der Waals surface area contributed by atoms with Crippen molar-refractivity contribution in [2.75, 3.05) is 12.0 Å². The first kappa shape index (κ1) is 24.6. The number of nitrogen functional groups attached to an aromatic ring is 1. The molecule has 0 unspecified atom stereocenters. The Kier molecular flexibility index (Phi) is 5.43. The summed E-state index contributed by atoms with van der Waals surface area (Å²) in [4.78, 5) is 22.6. The number of sulfone groups is 1. The van der Waals surface area contributed by atoms with E-state index < -0.39 is 9.84 Å². The molecule has 11 nitrogen and oxygen atoms in total. The fraction of sp³-hybridized carbons (Fsp3) is 0.296. The number of nitrogens with zero attached hydrogens (tertiary/aromatic N) is 6. The van der Waals surface area contributed by atoms with Gasteiger partial charge in [0.05, 0.1) is 11.9 Å². The summed E-state index contributed by atoms with van der Waals surface area (Å²) in [5.41, 5.74) is 8.71. The van der Waals surface area contributed by atoms with E-state index in [0.717, 1.165) is 35.4 Å². The molecule has 2 aliphatic heterocycles. The lowest BCUT2D eigenvalue weighted by Gasteiger charge is -2.38. The van der Waals surface area contributed by atoms with Crippen LogP contribution in [0, 0.1) is 5.82 Å². The monoisotopic (exact) mass is 560 g/mol. The number of fused-ring (bicyclic) bond motifs is 4. The van der Waals surface area contributed by atoms with Crippen molar-refractivity contribution in [2.24, 2.45) is 0 Å². The first-order chi connectivity index (χ1) is 19.2. The number of rotatable bonds is 4. The van der Waals surface area contributed by atoms with Crippen molar-refractivity contribution in [3.63, 3.8) is 0 Å². The number of nitrogens with one attached hydrogen (secondary N) is 1. The molecule has 2 saturated heterocycles. The number of hydrogen-bond donors (Lipinski definition) is 2. The number of amides is 1. The Morgan fingerprint density at radius 1 is 1.10 bits per heavy atom. The average molecular weight is 561 g/mol. The van der Waals surface area contributed by atoms with Crippen LogP contribution in [0.2, 0.25) is 0 Å². The highest BCUT2D eigenvalue weighted by Crippen LogP contribution is 2.45. The lowest BCUT2D eigenvalue weighted by atomic mass is 9.87. The molecular formula is C27H25FN8O3S. The molecule has 3 atom stereocenters. The minimum Gasteiger partial charge on any atom is -0.382 e. The van der Waals surface area contributed by atoms with Gasteiger partial charge < -0.3 is 15.6 Å². The molecule has 5 heterocycles. The molecule has 2 aromatic carbocycles. The van der Waals surface area contributed by atoms with Crippen molar-refractivity contribution in [3.8, 4) is 11.1 Å². The fourth-order valence-electron chi connectivity index (χ4n) is 6.43. The molecule has 0 spiro atoms. The van der Waals surface area contributed by atoms with Crippen molar-refractivity contribution in [3.05, 3.63) is 66.3 Å². The Hall–Kier alpha value is -4.39. The smallest absolute Gasteiger partial charge is 0.292 e. The van der Waals surface area contributed by atoms with Gasteiger partial charge in [0.25, 0.3) is 5.91 Å². The maximum Gasteiger partial charge on any atom is 0.292 e. The van der Waals surface area contributed by atoms with E-state index in [1.54, 1.807) is 12.3 Å². The van der Waals surface area contributed by atoms with E-state index in [1.165, 1.54) is 23.0 Å². The van der Waals surface area contributed by atoms with Crippen LogP contribution < -0.4 is 5.73 Å². The van der Waals surface area contributed by atoms with E-state index in [9.17, 15) is 17.6 Å². The number of carbonyl (C=O) groups excluding carboxylic acids is 1. The number of piperidine rings is 1. The van der Waals surface area contributed by atoms with Gasteiger partial charge in [-0.05, 0) is 60.2 Å². The SMILES string of the molecule is CS(=O)(=O)c1c([C@H]2C[C@H]3CC[C@@H](C2)N3C(=O)c2nnc[nH]2)nc2c(-c3ccc4ccc(F)cc4c3)cnn2c1N. The van der Waals surface area contributed by atoms with Gasteiger partial charge >= 0.3 is 0 Å². The topological polar surface area (TPSA) is 152 Å².